The summed E-state index contributed by atoms with van der Waals surface area (Å²) in [6.07, 6.45) is 7.71. The molecule has 3 aliphatic carbocycles. The molecule has 3 saturated carbocycles. The summed E-state index contributed by atoms with van der Waals surface area (Å²) >= 11 is 0. The minimum absolute atomic E-state index is 0.0000647. The zero-order chi connectivity index (χ0) is 29.6. The standard InChI is InChI=1S/C32H42N8O2/c1-5-27(41)36-29-30(38(4)20-34-29)35-23-9-11-39(12-10-23)15-22-7-8-26-25(21(22)3)13-24(14-33)40(26)19-31-16-32(17-31,18-31)37-28(42)6-2/h7-8,13,20,23,35H,5-6,9-12,15-19H2,1-4H3,(H,36,41)(H,37,42). The average Bonchev–Trinajstić information content (AvgIpc) is 3.48. The van der Waals surface area contributed by atoms with Gasteiger partial charge in [0.2, 0.25) is 11.8 Å². The van der Waals surface area contributed by atoms with Crippen molar-refractivity contribution >= 4 is 34.4 Å². The number of likely N-dealkylation sites (tertiary alicyclic amines) is 1. The third-order valence-corrected chi connectivity index (χ3v) is 9.78. The summed E-state index contributed by atoms with van der Waals surface area (Å²) in [5, 5.41) is 20.9. The van der Waals surface area contributed by atoms with Gasteiger partial charge in [-0.3, -0.25) is 14.5 Å². The first kappa shape index (κ1) is 28.3. The Balaban J connectivity index is 1.09. The van der Waals surface area contributed by atoms with Gasteiger partial charge in [-0.25, -0.2) is 4.98 Å². The molecule has 3 heterocycles. The van der Waals surface area contributed by atoms with Crippen LogP contribution in [0.1, 0.15) is 75.6 Å². The molecule has 1 aliphatic heterocycles. The third-order valence-electron chi connectivity index (χ3n) is 9.78. The van der Waals surface area contributed by atoms with Crippen LogP contribution in [0.15, 0.2) is 24.5 Å². The quantitative estimate of drug-likeness (QED) is 0.332. The van der Waals surface area contributed by atoms with Crippen molar-refractivity contribution < 1.29 is 9.59 Å². The number of nitriles is 1. The van der Waals surface area contributed by atoms with Crippen LogP contribution in [0.5, 0.6) is 0 Å². The Hall–Kier alpha value is -3.84. The fourth-order valence-corrected chi connectivity index (χ4v) is 7.56. The first-order chi connectivity index (χ1) is 20.2. The van der Waals surface area contributed by atoms with Crippen molar-refractivity contribution in [1.29, 1.82) is 5.26 Å². The number of amides is 2. The van der Waals surface area contributed by atoms with E-state index in [1.54, 1.807) is 6.33 Å². The Morgan fingerprint density at radius 2 is 1.83 bits per heavy atom. The number of imidazole rings is 1. The number of aryl methyl sites for hydroxylation is 2. The van der Waals surface area contributed by atoms with Gasteiger partial charge < -0.3 is 25.1 Å². The Kier molecular flexibility index (Phi) is 7.26. The van der Waals surface area contributed by atoms with E-state index >= 15 is 0 Å². The molecule has 0 radical (unpaired) electrons. The molecule has 42 heavy (non-hydrogen) atoms. The lowest BCUT2D eigenvalue weighted by molar-refractivity contribution is -0.171. The summed E-state index contributed by atoms with van der Waals surface area (Å²) in [7, 11) is 1.94. The maximum atomic E-state index is 11.9. The molecule has 222 valence electrons. The van der Waals surface area contributed by atoms with Gasteiger partial charge in [-0.15, -0.1) is 0 Å². The van der Waals surface area contributed by atoms with Gasteiger partial charge in [-0.2, -0.15) is 5.26 Å². The smallest absolute Gasteiger partial charge is 0.225 e. The van der Waals surface area contributed by atoms with E-state index in [9.17, 15) is 14.9 Å². The van der Waals surface area contributed by atoms with Gasteiger partial charge >= 0.3 is 0 Å². The topological polar surface area (TPSA) is 120 Å². The summed E-state index contributed by atoms with van der Waals surface area (Å²) in [6, 6.07) is 9.26. The summed E-state index contributed by atoms with van der Waals surface area (Å²) in [5.41, 5.74) is 4.60. The van der Waals surface area contributed by atoms with Crippen LogP contribution in [0.2, 0.25) is 0 Å². The normalized spacial score (nSPS) is 23.6. The third kappa shape index (κ3) is 5.04. The number of hydrogen-bond donors (Lipinski definition) is 3. The highest BCUT2D eigenvalue weighted by molar-refractivity contribution is 5.92. The number of fused-ring (bicyclic) bond motifs is 1. The van der Waals surface area contributed by atoms with Gasteiger partial charge in [0.1, 0.15) is 11.8 Å². The second-order valence-electron chi connectivity index (χ2n) is 12.9. The number of benzene rings is 1. The van der Waals surface area contributed by atoms with Crippen molar-refractivity contribution in [3.05, 3.63) is 41.3 Å². The lowest BCUT2D eigenvalue weighted by Gasteiger charge is -2.70. The summed E-state index contributed by atoms with van der Waals surface area (Å²) < 4.78 is 4.14. The summed E-state index contributed by atoms with van der Waals surface area (Å²) in [5.74, 6) is 1.54. The molecule has 7 rings (SSSR count). The lowest BCUT2D eigenvalue weighted by atomic mass is 9.39. The molecule has 10 nitrogen and oxygen atoms in total. The Morgan fingerprint density at radius 1 is 1.12 bits per heavy atom. The fourth-order valence-electron chi connectivity index (χ4n) is 7.56. The molecule has 10 heteroatoms. The number of aromatic nitrogens is 3. The molecule has 0 atom stereocenters. The number of anilines is 2. The maximum absolute atomic E-state index is 11.9. The molecule has 0 unspecified atom stereocenters. The molecule has 2 aromatic heterocycles. The summed E-state index contributed by atoms with van der Waals surface area (Å²) in [4.78, 5) is 30.7. The van der Waals surface area contributed by atoms with Gasteiger partial charge in [0, 0.05) is 68.6 Å². The van der Waals surface area contributed by atoms with Crippen LogP contribution in [-0.2, 0) is 29.7 Å². The van der Waals surface area contributed by atoms with Crippen LogP contribution >= 0.6 is 0 Å². The monoisotopic (exact) mass is 570 g/mol. The van der Waals surface area contributed by atoms with Crippen LogP contribution in [0.4, 0.5) is 11.6 Å². The molecule has 2 bridgehead atoms. The Bertz CT molecular complexity index is 1550. The molecule has 3 N–H and O–H groups in total. The summed E-state index contributed by atoms with van der Waals surface area (Å²) in [6.45, 7) is 9.59. The van der Waals surface area contributed by atoms with Crippen molar-refractivity contribution in [3.63, 3.8) is 0 Å². The number of rotatable bonds is 10. The van der Waals surface area contributed by atoms with Gasteiger partial charge in [-0.1, -0.05) is 19.9 Å². The first-order valence-electron chi connectivity index (χ1n) is 15.3. The number of nitrogens with one attached hydrogen (secondary N) is 3. The van der Waals surface area contributed by atoms with Crippen molar-refractivity contribution in [2.45, 2.75) is 90.4 Å². The van der Waals surface area contributed by atoms with Crippen molar-refractivity contribution in [2.24, 2.45) is 12.5 Å². The van der Waals surface area contributed by atoms with Gasteiger partial charge in [0.15, 0.2) is 11.6 Å². The van der Waals surface area contributed by atoms with Crippen LogP contribution in [0.3, 0.4) is 0 Å². The number of nitrogens with zero attached hydrogens (tertiary/aromatic N) is 5. The van der Waals surface area contributed by atoms with Gasteiger partial charge in [-0.05, 0) is 67.7 Å². The van der Waals surface area contributed by atoms with Gasteiger partial charge in [0.05, 0.1) is 6.33 Å². The highest BCUT2D eigenvalue weighted by Crippen LogP contribution is 2.68. The van der Waals surface area contributed by atoms with Crippen LogP contribution in [-0.4, -0.2) is 55.5 Å². The van der Waals surface area contributed by atoms with Crippen LogP contribution < -0.4 is 16.0 Å². The molecule has 3 aromatic rings. The zero-order valence-corrected chi connectivity index (χ0v) is 25.2. The second-order valence-corrected chi connectivity index (χ2v) is 12.9. The molecular weight excluding hydrogens is 528 g/mol. The SMILES string of the molecule is CCC(=O)Nc1ncn(C)c1NC1CCN(Cc2ccc3c(cc(C#N)n3CC34CC(NC(=O)CC)(C3)C4)c2C)CC1. The predicted octanol–water partition coefficient (Wildman–Crippen LogP) is 4.43. The van der Waals surface area contributed by atoms with E-state index < -0.39 is 0 Å². The van der Waals surface area contributed by atoms with E-state index in [1.165, 1.54) is 16.5 Å². The minimum atomic E-state index is -0.0404. The van der Waals surface area contributed by atoms with E-state index in [2.05, 4.69) is 61.6 Å². The lowest BCUT2D eigenvalue weighted by Crippen LogP contribution is -2.75. The number of carbonyl (C=O) groups is 2. The van der Waals surface area contributed by atoms with E-state index in [4.69, 9.17) is 0 Å². The molecule has 1 saturated heterocycles. The first-order valence-corrected chi connectivity index (χ1v) is 15.3. The van der Waals surface area contributed by atoms with Crippen molar-refractivity contribution in [1.82, 2.24) is 24.3 Å². The van der Waals surface area contributed by atoms with Crippen molar-refractivity contribution in [2.75, 3.05) is 23.7 Å². The minimum Gasteiger partial charge on any atom is -0.366 e. The van der Waals surface area contributed by atoms with E-state index in [-0.39, 0.29) is 22.8 Å². The van der Waals surface area contributed by atoms with Crippen molar-refractivity contribution in [3.8, 4) is 6.07 Å². The second kappa shape index (κ2) is 10.8. The Labute approximate surface area is 247 Å². The number of hydrogen-bond acceptors (Lipinski definition) is 6. The Morgan fingerprint density at radius 3 is 2.50 bits per heavy atom. The number of piperidine rings is 1. The highest BCUT2D eigenvalue weighted by atomic mass is 16.2. The molecular formula is C32H42N8O2. The largest absolute Gasteiger partial charge is 0.366 e. The fraction of sp³-hybridized carbons (Fsp3) is 0.562. The zero-order valence-electron chi connectivity index (χ0n) is 25.2. The molecule has 4 fully saturated rings. The average molecular weight is 571 g/mol. The molecule has 4 aliphatic rings. The molecule has 1 aromatic carbocycles. The highest BCUT2D eigenvalue weighted by Gasteiger charge is 2.68. The number of carbonyl (C=O) groups excluding carboxylic acids is 2. The van der Waals surface area contributed by atoms with Crippen LogP contribution in [0.25, 0.3) is 10.9 Å². The van der Waals surface area contributed by atoms with Gasteiger partial charge in [0.25, 0.3) is 0 Å². The van der Waals surface area contributed by atoms with E-state index in [0.29, 0.717) is 24.7 Å². The van der Waals surface area contributed by atoms with E-state index in [1.807, 2.05) is 25.5 Å². The predicted molar refractivity (Wildman–Crippen MR) is 163 cm³/mol. The maximum Gasteiger partial charge on any atom is 0.225 e. The molecule has 2 amide bonds. The molecule has 0 spiro atoms. The van der Waals surface area contributed by atoms with E-state index in [0.717, 1.165) is 75.3 Å². The van der Waals surface area contributed by atoms with Crippen LogP contribution in [0, 0.1) is 23.7 Å².